The van der Waals surface area contributed by atoms with Crippen LogP contribution < -0.4 is 5.32 Å². The van der Waals surface area contributed by atoms with Gasteiger partial charge in [0.05, 0.1) is 18.9 Å². The summed E-state index contributed by atoms with van der Waals surface area (Å²) < 4.78 is 4.83. The fourth-order valence-corrected chi connectivity index (χ4v) is 2.01. The van der Waals surface area contributed by atoms with Gasteiger partial charge in [0.2, 0.25) is 5.91 Å². The molecular formula is C15H15N3O4. The Bertz CT molecular complexity index is 705. The number of rotatable bonds is 5. The van der Waals surface area contributed by atoms with Crippen LogP contribution >= 0.6 is 0 Å². The number of carbonyl (C=O) groups is 1. The predicted molar refractivity (Wildman–Crippen MR) is 76.3 cm³/mol. The van der Waals surface area contributed by atoms with E-state index in [1.807, 2.05) is 0 Å². The van der Waals surface area contributed by atoms with Crippen molar-refractivity contribution in [2.24, 2.45) is 5.92 Å². The third kappa shape index (κ3) is 3.31. The molecule has 0 saturated heterocycles. The van der Waals surface area contributed by atoms with E-state index < -0.39 is 17.9 Å². The van der Waals surface area contributed by atoms with Gasteiger partial charge in [-0.25, -0.2) is 0 Å². The first-order valence-electron chi connectivity index (χ1n) is 6.56. The van der Waals surface area contributed by atoms with E-state index in [2.05, 4.69) is 10.5 Å². The summed E-state index contributed by atoms with van der Waals surface area (Å²) in [4.78, 5) is 12.2. The first-order valence-corrected chi connectivity index (χ1v) is 6.56. The van der Waals surface area contributed by atoms with E-state index in [-0.39, 0.29) is 6.61 Å². The van der Waals surface area contributed by atoms with E-state index in [0.717, 1.165) is 0 Å². The second-order valence-corrected chi connectivity index (χ2v) is 4.74. The summed E-state index contributed by atoms with van der Waals surface area (Å²) in [6, 6.07) is 8.37. The zero-order valence-electron chi connectivity index (χ0n) is 11.9. The Kier molecular flexibility index (Phi) is 4.88. The molecular weight excluding hydrogens is 286 g/mol. The molecule has 0 aliphatic carbocycles. The van der Waals surface area contributed by atoms with Crippen molar-refractivity contribution in [3.63, 3.8) is 0 Å². The molecule has 0 spiro atoms. The Morgan fingerprint density at radius 1 is 1.55 bits per heavy atom. The average molecular weight is 301 g/mol. The fraction of sp³-hybridized carbons (Fsp3) is 0.267. The van der Waals surface area contributed by atoms with Crippen molar-refractivity contribution in [1.82, 2.24) is 5.16 Å². The van der Waals surface area contributed by atoms with Crippen LogP contribution in [0.1, 0.15) is 23.0 Å². The molecule has 0 bridgehead atoms. The van der Waals surface area contributed by atoms with E-state index in [1.165, 1.54) is 6.20 Å². The molecule has 2 rings (SSSR count). The summed E-state index contributed by atoms with van der Waals surface area (Å²) in [6.07, 6.45) is -0.0541. The number of carbonyl (C=O) groups excluding carboxylic acids is 1. The molecule has 2 aromatic rings. The quantitative estimate of drug-likeness (QED) is 0.765. The van der Waals surface area contributed by atoms with Crippen LogP contribution in [0.25, 0.3) is 0 Å². The van der Waals surface area contributed by atoms with Crippen LogP contribution in [-0.2, 0) is 11.4 Å². The molecule has 114 valence electrons. The second-order valence-electron chi connectivity index (χ2n) is 4.74. The third-order valence-electron chi connectivity index (χ3n) is 3.22. The Morgan fingerprint density at radius 2 is 2.32 bits per heavy atom. The van der Waals surface area contributed by atoms with Gasteiger partial charge in [0.25, 0.3) is 0 Å². The van der Waals surface area contributed by atoms with Crippen LogP contribution in [0.15, 0.2) is 35.0 Å². The number of hydrogen-bond donors (Lipinski definition) is 3. The Labute approximate surface area is 126 Å². The number of hydrogen-bond acceptors (Lipinski definition) is 6. The van der Waals surface area contributed by atoms with E-state index in [1.54, 1.807) is 37.3 Å². The van der Waals surface area contributed by atoms with E-state index >= 15 is 0 Å². The molecule has 0 saturated carbocycles. The molecule has 0 radical (unpaired) electrons. The predicted octanol–water partition coefficient (Wildman–Crippen LogP) is 1.29. The van der Waals surface area contributed by atoms with Crippen molar-refractivity contribution in [2.75, 3.05) is 5.32 Å². The lowest BCUT2D eigenvalue weighted by atomic mass is 9.97. The minimum atomic E-state index is -1.34. The van der Waals surface area contributed by atoms with Crippen LogP contribution in [0, 0.1) is 24.2 Å². The minimum Gasteiger partial charge on any atom is -0.392 e. The highest BCUT2D eigenvalue weighted by atomic mass is 16.5. The highest BCUT2D eigenvalue weighted by Gasteiger charge is 2.30. The molecule has 1 amide bonds. The maximum atomic E-state index is 12.2. The van der Waals surface area contributed by atoms with Crippen molar-refractivity contribution in [3.05, 3.63) is 47.3 Å². The van der Waals surface area contributed by atoms with Crippen LogP contribution in [0.2, 0.25) is 0 Å². The molecule has 0 fully saturated rings. The summed E-state index contributed by atoms with van der Waals surface area (Å²) >= 11 is 0. The molecule has 1 aromatic carbocycles. The highest BCUT2D eigenvalue weighted by Crippen LogP contribution is 2.25. The van der Waals surface area contributed by atoms with Crippen LogP contribution in [-0.4, -0.2) is 21.3 Å². The lowest BCUT2D eigenvalue weighted by Gasteiger charge is -2.15. The summed E-state index contributed by atoms with van der Waals surface area (Å²) in [6.45, 7) is 1.43. The number of aliphatic hydroxyl groups excluding tert-OH is 2. The first kappa shape index (κ1) is 15.7. The van der Waals surface area contributed by atoms with Crippen molar-refractivity contribution in [1.29, 1.82) is 5.26 Å². The number of amides is 1. The van der Waals surface area contributed by atoms with Gasteiger partial charge in [0.1, 0.15) is 11.9 Å². The summed E-state index contributed by atoms with van der Waals surface area (Å²) in [5.74, 6) is -1.61. The summed E-state index contributed by atoms with van der Waals surface area (Å²) in [7, 11) is 0. The van der Waals surface area contributed by atoms with Crippen LogP contribution in [0.5, 0.6) is 0 Å². The number of aryl methyl sites for hydroxylation is 1. The van der Waals surface area contributed by atoms with Crippen molar-refractivity contribution in [2.45, 2.75) is 19.6 Å². The number of nitrogens with zero attached hydrogens (tertiary/aromatic N) is 2. The summed E-state index contributed by atoms with van der Waals surface area (Å²) in [5.41, 5.74) is 1.36. The average Bonchev–Trinajstić information content (AvgIpc) is 2.94. The third-order valence-corrected chi connectivity index (χ3v) is 3.22. The molecule has 7 nitrogen and oxygen atoms in total. The number of nitrogens with one attached hydrogen (secondary N) is 1. The van der Waals surface area contributed by atoms with Gasteiger partial charge in [-0.3, -0.25) is 4.79 Å². The number of aromatic nitrogens is 1. The van der Waals surface area contributed by atoms with Gasteiger partial charge in [-0.05, 0) is 24.6 Å². The Hall–Kier alpha value is -2.69. The maximum absolute atomic E-state index is 12.2. The fourth-order valence-electron chi connectivity index (χ4n) is 2.01. The van der Waals surface area contributed by atoms with Gasteiger partial charge in [0, 0.05) is 11.3 Å². The summed E-state index contributed by atoms with van der Waals surface area (Å²) in [5, 5.41) is 34.5. The zero-order valence-corrected chi connectivity index (χ0v) is 11.9. The smallest absolute Gasteiger partial charge is 0.244 e. The number of anilines is 1. The molecule has 2 unspecified atom stereocenters. The number of benzene rings is 1. The minimum absolute atomic E-state index is 0.159. The number of nitriles is 1. The van der Waals surface area contributed by atoms with Crippen LogP contribution in [0.3, 0.4) is 0 Å². The molecule has 1 aromatic heterocycles. The van der Waals surface area contributed by atoms with E-state index in [4.69, 9.17) is 9.63 Å². The highest BCUT2D eigenvalue weighted by molar-refractivity contribution is 5.94. The van der Waals surface area contributed by atoms with Gasteiger partial charge in [0.15, 0.2) is 5.92 Å². The normalized spacial score (nSPS) is 13.2. The zero-order chi connectivity index (χ0) is 16.1. The number of aliphatic hydroxyl groups is 2. The van der Waals surface area contributed by atoms with Gasteiger partial charge in [-0.2, -0.15) is 5.26 Å². The second kappa shape index (κ2) is 6.85. The van der Waals surface area contributed by atoms with Gasteiger partial charge in [-0.1, -0.05) is 17.3 Å². The van der Waals surface area contributed by atoms with Crippen molar-refractivity contribution in [3.8, 4) is 6.07 Å². The topological polar surface area (TPSA) is 119 Å². The lowest BCUT2D eigenvalue weighted by Crippen LogP contribution is -2.27. The Morgan fingerprint density at radius 3 is 2.91 bits per heavy atom. The largest absolute Gasteiger partial charge is 0.392 e. The SMILES string of the molecule is Cc1oncc1C(O)C(C#N)C(=O)Nc1cccc(CO)c1. The first-order chi connectivity index (χ1) is 10.6. The monoisotopic (exact) mass is 301 g/mol. The molecule has 2 atom stereocenters. The molecule has 1 heterocycles. The molecule has 7 heteroatoms. The lowest BCUT2D eigenvalue weighted by molar-refractivity contribution is -0.121. The maximum Gasteiger partial charge on any atom is 0.244 e. The standard InChI is InChI=1S/C15H15N3O4/c1-9-13(7-17-22-9)14(20)12(6-16)15(21)18-11-4-2-3-10(5-11)8-19/h2-5,7,12,14,19-20H,8H2,1H3,(H,18,21). The van der Waals surface area contributed by atoms with Gasteiger partial charge >= 0.3 is 0 Å². The molecule has 3 N–H and O–H groups in total. The van der Waals surface area contributed by atoms with Gasteiger partial charge in [-0.15, -0.1) is 0 Å². The molecule has 0 aliphatic heterocycles. The van der Waals surface area contributed by atoms with Crippen molar-refractivity contribution >= 4 is 11.6 Å². The van der Waals surface area contributed by atoms with E-state index in [0.29, 0.717) is 22.6 Å². The Balaban J connectivity index is 2.15. The van der Waals surface area contributed by atoms with Gasteiger partial charge < -0.3 is 20.1 Å². The van der Waals surface area contributed by atoms with E-state index in [9.17, 15) is 15.2 Å². The van der Waals surface area contributed by atoms with Crippen molar-refractivity contribution < 1.29 is 19.5 Å². The van der Waals surface area contributed by atoms with Crippen LogP contribution in [0.4, 0.5) is 5.69 Å². The molecule has 22 heavy (non-hydrogen) atoms. The molecule has 0 aliphatic rings.